The van der Waals surface area contributed by atoms with E-state index in [-0.39, 0.29) is 5.41 Å². The van der Waals surface area contributed by atoms with Gasteiger partial charge in [-0.25, -0.2) is 0 Å². The molecule has 0 heterocycles. The molecule has 4 aromatic rings. The minimum Gasteiger partial charge on any atom is -0.0843 e. The second-order valence-electron chi connectivity index (χ2n) is 7.99. The van der Waals surface area contributed by atoms with Crippen molar-refractivity contribution in [2.24, 2.45) is 0 Å². The molecule has 0 nitrogen and oxygen atoms in total. The Bertz CT molecular complexity index is 1170. The van der Waals surface area contributed by atoms with Gasteiger partial charge in [0.05, 0.1) is 0 Å². The van der Waals surface area contributed by atoms with Crippen molar-refractivity contribution in [2.45, 2.75) is 19.3 Å². The summed E-state index contributed by atoms with van der Waals surface area (Å²) in [5, 5.41) is 0.793. The fourth-order valence-electron chi connectivity index (χ4n) is 4.48. The largest absolute Gasteiger partial charge is 0.0843 e. The van der Waals surface area contributed by atoms with Crippen LogP contribution in [0.2, 0.25) is 5.02 Å². The van der Waals surface area contributed by atoms with Crippen LogP contribution in [0.1, 0.15) is 25.0 Å². The lowest BCUT2D eigenvalue weighted by atomic mass is 9.82. The first-order valence-corrected chi connectivity index (χ1v) is 10.0. The standard InChI is InChI=1S/C27H21Cl/c1-27(2)24-11-7-6-10-22(24)26-23(16-21(28)17-25(26)27)20-14-12-19(13-15-20)18-8-4-3-5-9-18/h3-17H,1-2H3. The van der Waals surface area contributed by atoms with Crippen LogP contribution in [0.5, 0.6) is 0 Å². The first-order valence-electron chi connectivity index (χ1n) is 9.65. The van der Waals surface area contributed by atoms with Crippen molar-refractivity contribution < 1.29 is 0 Å². The summed E-state index contributed by atoms with van der Waals surface area (Å²) in [6.45, 7) is 4.58. The van der Waals surface area contributed by atoms with Crippen molar-refractivity contribution in [2.75, 3.05) is 0 Å². The van der Waals surface area contributed by atoms with Crippen LogP contribution >= 0.6 is 11.6 Å². The molecule has 0 amide bonds. The van der Waals surface area contributed by atoms with Gasteiger partial charge in [-0.3, -0.25) is 0 Å². The van der Waals surface area contributed by atoms with Gasteiger partial charge < -0.3 is 0 Å². The molecule has 0 radical (unpaired) electrons. The van der Waals surface area contributed by atoms with Crippen LogP contribution in [0.4, 0.5) is 0 Å². The van der Waals surface area contributed by atoms with Crippen LogP contribution in [0.3, 0.4) is 0 Å². The monoisotopic (exact) mass is 380 g/mol. The molecule has 5 rings (SSSR count). The molecule has 0 fully saturated rings. The fraction of sp³-hybridized carbons (Fsp3) is 0.111. The van der Waals surface area contributed by atoms with Gasteiger partial charge in [-0.1, -0.05) is 104 Å². The second kappa shape index (κ2) is 6.36. The van der Waals surface area contributed by atoms with Crippen molar-refractivity contribution in [1.82, 2.24) is 0 Å². The molecule has 1 heteroatoms. The number of fused-ring (bicyclic) bond motifs is 3. The summed E-state index contributed by atoms with van der Waals surface area (Å²) in [6.07, 6.45) is 0. The predicted molar refractivity (Wildman–Crippen MR) is 120 cm³/mol. The van der Waals surface area contributed by atoms with Gasteiger partial charge in [-0.2, -0.15) is 0 Å². The van der Waals surface area contributed by atoms with Gasteiger partial charge in [0, 0.05) is 10.4 Å². The number of rotatable bonds is 2. The normalized spacial score (nSPS) is 13.8. The number of hydrogen-bond acceptors (Lipinski definition) is 0. The summed E-state index contributed by atoms with van der Waals surface area (Å²) in [5.74, 6) is 0. The van der Waals surface area contributed by atoms with Crippen molar-refractivity contribution in [1.29, 1.82) is 0 Å². The van der Waals surface area contributed by atoms with Crippen LogP contribution in [0.15, 0.2) is 91.0 Å². The lowest BCUT2D eigenvalue weighted by Gasteiger charge is -2.22. The number of benzene rings is 4. The van der Waals surface area contributed by atoms with Gasteiger partial charge in [0.2, 0.25) is 0 Å². The van der Waals surface area contributed by atoms with E-state index in [0.29, 0.717) is 0 Å². The molecule has 28 heavy (non-hydrogen) atoms. The van der Waals surface area contributed by atoms with Crippen LogP contribution in [-0.4, -0.2) is 0 Å². The zero-order chi connectivity index (χ0) is 19.3. The molecule has 0 bridgehead atoms. The molecule has 1 aliphatic rings. The highest BCUT2D eigenvalue weighted by Crippen LogP contribution is 2.52. The highest BCUT2D eigenvalue weighted by Gasteiger charge is 2.37. The molecule has 0 spiro atoms. The first-order chi connectivity index (χ1) is 13.6. The van der Waals surface area contributed by atoms with Gasteiger partial charge >= 0.3 is 0 Å². The molecule has 0 aromatic heterocycles. The summed E-state index contributed by atoms with van der Waals surface area (Å²) in [4.78, 5) is 0. The zero-order valence-electron chi connectivity index (χ0n) is 16.0. The fourth-order valence-corrected chi connectivity index (χ4v) is 4.70. The SMILES string of the molecule is CC1(C)c2ccccc2-c2c(-c3ccc(-c4ccccc4)cc3)cc(Cl)cc21. The minimum atomic E-state index is -0.0461. The molecule has 0 atom stereocenters. The third kappa shape index (κ3) is 2.60. The van der Waals surface area contributed by atoms with E-state index in [1.165, 1.54) is 44.5 Å². The van der Waals surface area contributed by atoms with Gasteiger partial charge in [0.1, 0.15) is 0 Å². The van der Waals surface area contributed by atoms with Gasteiger partial charge in [-0.05, 0) is 56.6 Å². The van der Waals surface area contributed by atoms with Crippen LogP contribution in [-0.2, 0) is 5.41 Å². The van der Waals surface area contributed by atoms with E-state index >= 15 is 0 Å². The highest BCUT2D eigenvalue weighted by atomic mass is 35.5. The summed E-state index contributed by atoms with van der Waals surface area (Å²) in [5.41, 5.74) is 10.1. The van der Waals surface area contributed by atoms with Gasteiger partial charge in [0.15, 0.2) is 0 Å². The Balaban J connectivity index is 1.70. The topological polar surface area (TPSA) is 0 Å². The Morgan fingerprint density at radius 3 is 1.93 bits per heavy atom. The Morgan fingerprint density at radius 2 is 1.18 bits per heavy atom. The van der Waals surface area contributed by atoms with E-state index in [4.69, 9.17) is 11.6 Å². The van der Waals surface area contributed by atoms with E-state index in [0.717, 1.165) is 5.02 Å². The summed E-state index contributed by atoms with van der Waals surface area (Å²) >= 11 is 6.58. The molecular weight excluding hydrogens is 360 g/mol. The van der Waals surface area contributed by atoms with Crippen molar-refractivity contribution >= 4 is 11.6 Å². The Kier molecular flexibility index (Phi) is 3.92. The van der Waals surface area contributed by atoms with Crippen molar-refractivity contribution in [3.8, 4) is 33.4 Å². The highest BCUT2D eigenvalue weighted by molar-refractivity contribution is 6.31. The Labute approximate surface area is 171 Å². The Hall–Kier alpha value is -2.83. The molecule has 0 saturated carbocycles. The van der Waals surface area contributed by atoms with Gasteiger partial charge in [-0.15, -0.1) is 0 Å². The molecule has 136 valence electrons. The summed E-state index contributed by atoms with van der Waals surface area (Å²) in [6, 6.07) is 32.3. The average molecular weight is 381 g/mol. The maximum atomic E-state index is 6.58. The van der Waals surface area contributed by atoms with E-state index in [1.807, 2.05) is 6.07 Å². The van der Waals surface area contributed by atoms with E-state index in [1.54, 1.807) is 0 Å². The van der Waals surface area contributed by atoms with E-state index in [9.17, 15) is 0 Å². The third-order valence-corrected chi connectivity index (χ3v) is 6.17. The Morgan fingerprint density at radius 1 is 0.571 bits per heavy atom. The zero-order valence-corrected chi connectivity index (χ0v) is 16.8. The molecule has 0 aliphatic heterocycles. The molecular formula is C27H21Cl. The smallest absolute Gasteiger partial charge is 0.0415 e. The van der Waals surface area contributed by atoms with E-state index in [2.05, 4.69) is 98.8 Å². The second-order valence-corrected chi connectivity index (χ2v) is 8.43. The first kappa shape index (κ1) is 17.3. The van der Waals surface area contributed by atoms with Crippen LogP contribution in [0.25, 0.3) is 33.4 Å². The quantitative estimate of drug-likeness (QED) is 0.330. The molecule has 0 N–H and O–H groups in total. The average Bonchev–Trinajstić information content (AvgIpc) is 2.96. The van der Waals surface area contributed by atoms with Crippen LogP contribution in [0, 0.1) is 0 Å². The predicted octanol–water partition coefficient (Wildman–Crippen LogP) is 7.98. The lowest BCUT2D eigenvalue weighted by Crippen LogP contribution is -2.14. The molecule has 0 unspecified atom stereocenters. The molecule has 4 aromatic carbocycles. The minimum absolute atomic E-state index is 0.0461. The van der Waals surface area contributed by atoms with Crippen LogP contribution < -0.4 is 0 Å². The number of hydrogen-bond donors (Lipinski definition) is 0. The van der Waals surface area contributed by atoms with Crippen molar-refractivity contribution in [3.63, 3.8) is 0 Å². The summed E-state index contributed by atoms with van der Waals surface area (Å²) in [7, 11) is 0. The van der Waals surface area contributed by atoms with E-state index < -0.39 is 0 Å². The summed E-state index contributed by atoms with van der Waals surface area (Å²) < 4.78 is 0. The van der Waals surface area contributed by atoms with Gasteiger partial charge in [0.25, 0.3) is 0 Å². The molecule has 1 aliphatic carbocycles. The third-order valence-electron chi connectivity index (χ3n) is 5.95. The maximum absolute atomic E-state index is 6.58. The maximum Gasteiger partial charge on any atom is 0.0415 e. The van der Waals surface area contributed by atoms with Crippen molar-refractivity contribution in [3.05, 3.63) is 107 Å². The number of halogens is 1. The lowest BCUT2D eigenvalue weighted by molar-refractivity contribution is 0.660. The molecule has 0 saturated heterocycles.